The van der Waals surface area contributed by atoms with Gasteiger partial charge in [-0.1, -0.05) is 0 Å². The zero-order valence-corrected chi connectivity index (χ0v) is 9.42. The van der Waals surface area contributed by atoms with Gasteiger partial charge in [0.1, 0.15) is 0 Å². The summed E-state index contributed by atoms with van der Waals surface area (Å²) in [6.07, 6.45) is 0. The SMILES string of the molecule is Cc1cc(C(=O)Cl)cc(Br)c1[N+](=O)[O-]. The average molecular weight is 278 g/mol. The molecule has 0 atom stereocenters. The fourth-order valence-electron chi connectivity index (χ4n) is 1.08. The van der Waals surface area contributed by atoms with E-state index in [2.05, 4.69) is 15.9 Å². The molecule has 0 aromatic heterocycles. The highest BCUT2D eigenvalue weighted by Crippen LogP contribution is 2.30. The molecule has 0 radical (unpaired) electrons. The van der Waals surface area contributed by atoms with Crippen LogP contribution in [0.2, 0.25) is 0 Å². The molecule has 0 amide bonds. The third kappa shape index (κ3) is 2.10. The molecule has 0 N–H and O–H groups in total. The molecule has 0 unspecified atom stereocenters. The van der Waals surface area contributed by atoms with E-state index in [9.17, 15) is 14.9 Å². The standard InChI is InChI=1S/C8H5BrClNO3/c1-4-2-5(8(10)12)3-6(9)7(4)11(13)14/h2-3H,1H3. The number of nitrogens with zero attached hydrogens (tertiary/aromatic N) is 1. The van der Waals surface area contributed by atoms with E-state index in [0.29, 0.717) is 5.56 Å². The lowest BCUT2D eigenvalue weighted by Crippen LogP contribution is -1.97. The summed E-state index contributed by atoms with van der Waals surface area (Å²) in [6.45, 7) is 1.55. The Morgan fingerprint density at radius 3 is 2.50 bits per heavy atom. The molecule has 0 saturated heterocycles. The van der Waals surface area contributed by atoms with E-state index >= 15 is 0 Å². The zero-order valence-electron chi connectivity index (χ0n) is 7.08. The van der Waals surface area contributed by atoms with Crippen LogP contribution in [0.4, 0.5) is 5.69 Å². The second-order valence-electron chi connectivity index (χ2n) is 2.65. The van der Waals surface area contributed by atoms with Crippen LogP contribution >= 0.6 is 27.5 Å². The number of nitro benzene ring substituents is 1. The van der Waals surface area contributed by atoms with Crippen LogP contribution in [-0.2, 0) is 0 Å². The van der Waals surface area contributed by atoms with Crippen LogP contribution in [0.3, 0.4) is 0 Å². The summed E-state index contributed by atoms with van der Waals surface area (Å²) in [7, 11) is 0. The fraction of sp³-hybridized carbons (Fsp3) is 0.125. The maximum absolute atomic E-state index is 10.8. The van der Waals surface area contributed by atoms with E-state index in [4.69, 9.17) is 11.6 Å². The molecule has 1 aromatic rings. The first kappa shape index (κ1) is 11.1. The first-order valence-electron chi connectivity index (χ1n) is 3.58. The topological polar surface area (TPSA) is 60.2 Å². The van der Waals surface area contributed by atoms with Crippen LogP contribution < -0.4 is 0 Å². The number of halogens is 2. The smallest absolute Gasteiger partial charge is 0.276 e. The first-order valence-corrected chi connectivity index (χ1v) is 4.75. The van der Waals surface area contributed by atoms with Gasteiger partial charge in [-0.15, -0.1) is 0 Å². The van der Waals surface area contributed by atoms with Gasteiger partial charge in [0.25, 0.3) is 10.9 Å². The third-order valence-corrected chi connectivity index (χ3v) is 2.49. The lowest BCUT2D eigenvalue weighted by Gasteiger charge is -2.01. The van der Waals surface area contributed by atoms with E-state index in [1.807, 2.05) is 0 Å². The van der Waals surface area contributed by atoms with Crippen LogP contribution in [0, 0.1) is 17.0 Å². The van der Waals surface area contributed by atoms with Gasteiger partial charge in [-0.3, -0.25) is 14.9 Å². The molecule has 0 heterocycles. The number of nitro groups is 1. The molecule has 0 saturated carbocycles. The molecule has 0 bridgehead atoms. The Hall–Kier alpha value is -0.940. The minimum absolute atomic E-state index is 0.0494. The average Bonchev–Trinajstić information content (AvgIpc) is 2.01. The third-order valence-electron chi connectivity index (χ3n) is 1.66. The van der Waals surface area contributed by atoms with Gasteiger partial charge in [0, 0.05) is 11.1 Å². The van der Waals surface area contributed by atoms with Gasteiger partial charge in [-0.05, 0) is 46.6 Å². The number of rotatable bonds is 2. The maximum Gasteiger partial charge on any atom is 0.286 e. The number of aryl methyl sites for hydroxylation is 1. The van der Waals surface area contributed by atoms with E-state index in [0.717, 1.165) is 0 Å². The summed E-state index contributed by atoms with van der Waals surface area (Å²) >= 11 is 8.26. The summed E-state index contributed by atoms with van der Waals surface area (Å²) in [5, 5.41) is 9.95. The van der Waals surface area contributed by atoms with Crippen molar-refractivity contribution in [3.8, 4) is 0 Å². The summed E-state index contributed by atoms with van der Waals surface area (Å²) in [4.78, 5) is 20.9. The van der Waals surface area contributed by atoms with Crippen molar-refractivity contribution in [2.75, 3.05) is 0 Å². The van der Waals surface area contributed by atoms with Crippen molar-refractivity contribution in [2.24, 2.45) is 0 Å². The summed E-state index contributed by atoms with van der Waals surface area (Å²) < 4.78 is 0.256. The summed E-state index contributed by atoms with van der Waals surface area (Å²) in [5.41, 5.74) is 0.585. The molecule has 0 fully saturated rings. The highest BCUT2D eigenvalue weighted by molar-refractivity contribution is 9.10. The highest BCUT2D eigenvalue weighted by atomic mass is 79.9. The Bertz CT molecular complexity index is 396. The number of carbonyl (C=O) groups excluding carboxylic acids is 1. The predicted molar refractivity (Wildman–Crippen MR) is 55.7 cm³/mol. The van der Waals surface area contributed by atoms with Crippen molar-refractivity contribution in [1.82, 2.24) is 0 Å². The molecule has 1 aromatic carbocycles. The molecule has 0 aliphatic carbocycles. The Labute approximate surface area is 93.1 Å². The van der Waals surface area contributed by atoms with Gasteiger partial charge in [0.15, 0.2) is 0 Å². The number of carbonyl (C=O) groups is 1. The Morgan fingerprint density at radius 2 is 2.14 bits per heavy atom. The van der Waals surface area contributed by atoms with E-state index in [1.54, 1.807) is 6.92 Å². The maximum atomic E-state index is 10.8. The lowest BCUT2D eigenvalue weighted by molar-refractivity contribution is -0.386. The molecule has 6 heteroatoms. The van der Waals surface area contributed by atoms with E-state index < -0.39 is 10.2 Å². The normalized spacial score (nSPS) is 9.93. The van der Waals surface area contributed by atoms with Crippen LogP contribution in [-0.4, -0.2) is 10.2 Å². The fourth-order valence-corrected chi connectivity index (χ4v) is 1.89. The van der Waals surface area contributed by atoms with E-state index in [1.165, 1.54) is 12.1 Å². The second-order valence-corrected chi connectivity index (χ2v) is 3.85. The van der Waals surface area contributed by atoms with Gasteiger partial charge >= 0.3 is 0 Å². The Balaban J connectivity index is 3.39. The molecule has 1 rings (SSSR count). The summed E-state index contributed by atoms with van der Waals surface area (Å²) in [6, 6.07) is 2.72. The molecule has 0 aliphatic rings. The second kappa shape index (κ2) is 4.06. The van der Waals surface area contributed by atoms with Gasteiger partial charge in [0.05, 0.1) is 9.40 Å². The number of benzene rings is 1. The quantitative estimate of drug-likeness (QED) is 0.474. The molecule has 0 aliphatic heterocycles. The zero-order chi connectivity index (χ0) is 10.9. The molecular weight excluding hydrogens is 273 g/mol. The van der Waals surface area contributed by atoms with Crippen molar-refractivity contribution in [2.45, 2.75) is 6.92 Å². The van der Waals surface area contributed by atoms with Gasteiger partial charge in [-0.25, -0.2) is 0 Å². The van der Waals surface area contributed by atoms with Gasteiger partial charge in [-0.2, -0.15) is 0 Å². The summed E-state index contributed by atoms with van der Waals surface area (Å²) in [5.74, 6) is 0. The minimum atomic E-state index is -0.635. The largest absolute Gasteiger partial charge is 0.286 e. The van der Waals surface area contributed by atoms with Crippen molar-refractivity contribution in [3.63, 3.8) is 0 Å². The van der Waals surface area contributed by atoms with E-state index in [-0.39, 0.29) is 15.7 Å². The van der Waals surface area contributed by atoms with Crippen LogP contribution in [0.15, 0.2) is 16.6 Å². The molecular formula is C8H5BrClNO3. The lowest BCUT2D eigenvalue weighted by atomic mass is 10.1. The predicted octanol–water partition coefficient (Wildman–Crippen LogP) is 3.04. The molecule has 0 spiro atoms. The number of hydrogen-bond donors (Lipinski definition) is 0. The Morgan fingerprint density at radius 1 is 1.57 bits per heavy atom. The monoisotopic (exact) mass is 277 g/mol. The molecule has 74 valence electrons. The van der Waals surface area contributed by atoms with Crippen molar-refractivity contribution in [3.05, 3.63) is 37.8 Å². The van der Waals surface area contributed by atoms with Crippen LogP contribution in [0.1, 0.15) is 15.9 Å². The van der Waals surface area contributed by atoms with Crippen LogP contribution in [0.25, 0.3) is 0 Å². The first-order chi connectivity index (χ1) is 6.43. The van der Waals surface area contributed by atoms with Gasteiger partial charge < -0.3 is 0 Å². The van der Waals surface area contributed by atoms with Crippen molar-refractivity contribution in [1.29, 1.82) is 0 Å². The highest BCUT2D eigenvalue weighted by Gasteiger charge is 2.18. The van der Waals surface area contributed by atoms with Gasteiger partial charge in [0.2, 0.25) is 0 Å². The van der Waals surface area contributed by atoms with Crippen LogP contribution in [0.5, 0.6) is 0 Å². The minimum Gasteiger partial charge on any atom is -0.276 e. The number of hydrogen-bond acceptors (Lipinski definition) is 3. The van der Waals surface area contributed by atoms with Crippen molar-refractivity contribution >= 4 is 38.5 Å². The Kier molecular flexibility index (Phi) is 3.23. The molecule has 14 heavy (non-hydrogen) atoms. The van der Waals surface area contributed by atoms with Crippen molar-refractivity contribution < 1.29 is 9.72 Å². The molecule has 4 nitrogen and oxygen atoms in total.